The van der Waals surface area contributed by atoms with E-state index in [9.17, 15) is 0 Å². The van der Waals surface area contributed by atoms with E-state index in [-0.39, 0.29) is 0 Å². The maximum absolute atomic E-state index is 4.08. The van der Waals surface area contributed by atoms with Gasteiger partial charge in [0.25, 0.3) is 0 Å². The fourth-order valence-electron chi connectivity index (χ4n) is 2.83. The molecule has 0 spiro atoms. The first-order valence-electron chi connectivity index (χ1n) is 7.26. The molecule has 0 amide bonds. The molecule has 0 saturated carbocycles. The van der Waals surface area contributed by atoms with E-state index in [2.05, 4.69) is 51.1 Å². The molecule has 1 aliphatic rings. The number of rotatable bonds is 4. The van der Waals surface area contributed by atoms with Crippen LogP contribution in [0.25, 0.3) is 0 Å². The van der Waals surface area contributed by atoms with Crippen molar-refractivity contribution in [1.29, 1.82) is 0 Å². The highest BCUT2D eigenvalue weighted by atomic mass is 32.1. The summed E-state index contributed by atoms with van der Waals surface area (Å²) in [4.78, 5) is 6.54. The first-order chi connectivity index (χ1) is 9.83. The van der Waals surface area contributed by atoms with Crippen molar-refractivity contribution in [2.24, 2.45) is 0 Å². The Bertz CT molecular complexity index is 504. The molecule has 1 atom stereocenters. The number of piperidine rings is 1. The Hall–Kier alpha value is -1.39. The molecule has 0 radical (unpaired) electrons. The number of aromatic nitrogens is 1. The van der Waals surface area contributed by atoms with Gasteiger partial charge >= 0.3 is 0 Å². The number of nitrogens with one attached hydrogen (secondary N) is 1. The Labute approximate surface area is 124 Å². The van der Waals surface area contributed by atoms with Crippen molar-refractivity contribution >= 4 is 17.0 Å². The Balaban J connectivity index is 1.51. The zero-order chi connectivity index (χ0) is 13.8. The molecule has 1 unspecified atom stereocenters. The largest absolute Gasteiger partial charge is 0.371 e. The van der Waals surface area contributed by atoms with Gasteiger partial charge in [0.05, 0.1) is 0 Å². The molecule has 1 aliphatic heterocycles. The number of nitrogens with zero attached hydrogens (tertiary/aromatic N) is 2. The number of pyridine rings is 1. The van der Waals surface area contributed by atoms with Gasteiger partial charge < -0.3 is 10.2 Å². The topological polar surface area (TPSA) is 28.2 Å². The van der Waals surface area contributed by atoms with Gasteiger partial charge in [0, 0.05) is 43.3 Å². The van der Waals surface area contributed by atoms with Crippen molar-refractivity contribution in [3.8, 4) is 0 Å². The molecular weight excluding hydrogens is 266 g/mol. The minimum Gasteiger partial charge on any atom is -0.371 e. The minimum atomic E-state index is 0.457. The molecule has 3 heterocycles. The second-order valence-corrected chi connectivity index (χ2v) is 6.19. The van der Waals surface area contributed by atoms with E-state index in [4.69, 9.17) is 0 Å². The van der Waals surface area contributed by atoms with Crippen molar-refractivity contribution in [1.82, 2.24) is 10.3 Å². The molecule has 0 aliphatic carbocycles. The van der Waals surface area contributed by atoms with Gasteiger partial charge in [-0.2, -0.15) is 11.3 Å². The van der Waals surface area contributed by atoms with Crippen LogP contribution in [0.4, 0.5) is 5.69 Å². The number of thiophene rings is 1. The second kappa shape index (κ2) is 6.37. The third kappa shape index (κ3) is 3.19. The maximum Gasteiger partial charge on any atom is 0.0397 e. The van der Waals surface area contributed by atoms with E-state index in [1.807, 2.05) is 12.4 Å². The predicted octanol–water partition coefficient (Wildman–Crippen LogP) is 3.46. The van der Waals surface area contributed by atoms with Crippen LogP contribution in [0.1, 0.15) is 31.4 Å². The van der Waals surface area contributed by atoms with Gasteiger partial charge in [-0.1, -0.05) is 0 Å². The lowest BCUT2D eigenvalue weighted by molar-refractivity contribution is 0.381. The lowest BCUT2D eigenvalue weighted by Gasteiger charge is -2.35. The molecule has 2 aromatic heterocycles. The molecule has 2 aromatic rings. The number of anilines is 1. The summed E-state index contributed by atoms with van der Waals surface area (Å²) >= 11 is 1.77. The SMILES string of the molecule is CC(NC1CCN(c2ccncc2)CC1)c1ccsc1. The standard InChI is InChI=1S/C16H21N3S/c1-13(14-6-11-20-12-14)18-15-4-9-19(10-5-15)16-2-7-17-8-3-16/h2-3,6-8,11-13,15,18H,4-5,9-10H2,1H3. The average molecular weight is 287 g/mol. The third-order valence-electron chi connectivity index (χ3n) is 4.05. The molecule has 1 saturated heterocycles. The Morgan fingerprint density at radius 3 is 2.65 bits per heavy atom. The molecule has 0 aromatic carbocycles. The Kier molecular flexibility index (Phi) is 4.33. The number of hydrogen-bond donors (Lipinski definition) is 1. The molecule has 0 bridgehead atoms. The van der Waals surface area contributed by atoms with E-state index >= 15 is 0 Å². The maximum atomic E-state index is 4.08. The number of hydrogen-bond acceptors (Lipinski definition) is 4. The second-order valence-electron chi connectivity index (χ2n) is 5.41. The molecule has 4 heteroatoms. The van der Waals surface area contributed by atoms with Crippen molar-refractivity contribution in [3.05, 3.63) is 46.9 Å². The van der Waals surface area contributed by atoms with Crippen LogP contribution in [0.15, 0.2) is 41.4 Å². The molecule has 1 fully saturated rings. The summed E-state index contributed by atoms with van der Waals surface area (Å²) in [5.41, 5.74) is 2.70. The summed E-state index contributed by atoms with van der Waals surface area (Å²) in [5.74, 6) is 0. The highest BCUT2D eigenvalue weighted by Gasteiger charge is 2.21. The van der Waals surface area contributed by atoms with E-state index in [0.717, 1.165) is 13.1 Å². The smallest absolute Gasteiger partial charge is 0.0397 e. The first kappa shape index (κ1) is 13.6. The summed E-state index contributed by atoms with van der Waals surface area (Å²) in [5, 5.41) is 8.15. The van der Waals surface area contributed by atoms with Crippen molar-refractivity contribution < 1.29 is 0 Å². The molecule has 3 nitrogen and oxygen atoms in total. The summed E-state index contributed by atoms with van der Waals surface area (Å²) in [7, 11) is 0. The van der Waals surface area contributed by atoms with Gasteiger partial charge in [0.15, 0.2) is 0 Å². The summed E-state index contributed by atoms with van der Waals surface area (Å²) in [6.45, 7) is 4.51. The van der Waals surface area contributed by atoms with Crippen LogP contribution in [0, 0.1) is 0 Å². The van der Waals surface area contributed by atoms with Crippen LogP contribution in [-0.2, 0) is 0 Å². The molecule has 106 valence electrons. The molecular formula is C16H21N3S. The zero-order valence-electron chi connectivity index (χ0n) is 11.8. The zero-order valence-corrected chi connectivity index (χ0v) is 12.6. The van der Waals surface area contributed by atoms with Crippen molar-refractivity contribution in [2.75, 3.05) is 18.0 Å². The van der Waals surface area contributed by atoms with Crippen LogP contribution in [0.5, 0.6) is 0 Å². The van der Waals surface area contributed by atoms with Gasteiger partial charge in [-0.3, -0.25) is 4.98 Å². The predicted molar refractivity (Wildman–Crippen MR) is 85.3 cm³/mol. The van der Waals surface area contributed by atoms with Crippen LogP contribution in [0.3, 0.4) is 0 Å². The summed E-state index contributed by atoms with van der Waals surface area (Å²) in [6, 6.07) is 7.50. The van der Waals surface area contributed by atoms with E-state index in [1.165, 1.54) is 24.1 Å². The lowest BCUT2D eigenvalue weighted by Crippen LogP contribution is -2.43. The first-order valence-corrected chi connectivity index (χ1v) is 8.20. The monoisotopic (exact) mass is 287 g/mol. The highest BCUT2D eigenvalue weighted by Crippen LogP contribution is 2.22. The molecule has 3 rings (SSSR count). The van der Waals surface area contributed by atoms with Gasteiger partial charge in [-0.25, -0.2) is 0 Å². The van der Waals surface area contributed by atoms with E-state index in [1.54, 1.807) is 11.3 Å². The van der Waals surface area contributed by atoms with Crippen LogP contribution in [0.2, 0.25) is 0 Å². The van der Waals surface area contributed by atoms with Gasteiger partial charge in [-0.05, 0) is 54.3 Å². The fraction of sp³-hybridized carbons (Fsp3) is 0.438. The van der Waals surface area contributed by atoms with Gasteiger partial charge in [0.1, 0.15) is 0 Å². The normalized spacial score (nSPS) is 18.1. The Morgan fingerprint density at radius 1 is 1.25 bits per heavy atom. The van der Waals surface area contributed by atoms with Crippen LogP contribution in [-0.4, -0.2) is 24.1 Å². The lowest BCUT2D eigenvalue weighted by atomic mass is 10.0. The summed E-state index contributed by atoms with van der Waals surface area (Å²) in [6.07, 6.45) is 6.16. The highest BCUT2D eigenvalue weighted by molar-refractivity contribution is 7.07. The average Bonchev–Trinajstić information content (AvgIpc) is 3.03. The van der Waals surface area contributed by atoms with Gasteiger partial charge in [-0.15, -0.1) is 0 Å². The molecule has 20 heavy (non-hydrogen) atoms. The third-order valence-corrected chi connectivity index (χ3v) is 4.75. The summed E-state index contributed by atoms with van der Waals surface area (Å²) < 4.78 is 0. The minimum absolute atomic E-state index is 0.457. The van der Waals surface area contributed by atoms with E-state index < -0.39 is 0 Å². The van der Waals surface area contributed by atoms with E-state index in [0.29, 0.717) is 12.1 Å². The van der Waals surface area contributed by atoms with Gasteiger partial charge in [0.2, 0.25) is 0 Å². The van der Waals surface area contributed by atoms with Crippen molar-refractivity contribution in [3.63, 3.8) is 0 Å². The molecule has 1 N–H and O–H groups in total. The Morgan fingerprint density at radius 2 is 2.00 bits per heavy atom. The fourth-order valence-corrected chi connectivity index (χ4v) is 3.58. The van der Waals surface area contributed by atoms with Crippen LogP contribution >= 0.6 is 11.3 Å². The quantitative estimate of drug-likeness (QED) is 0.933. The van der Waals surface area contributed by atoms with Crippen LogP contribution < -0.4 is 10.2 Å². The van der Waals surface area contributed by atoms with Crippen molar-refractivity contribution in [2.45, 2.75) is 31.8 Å².